The molecule has 7 heteroatoms. The average Bonchev–Trinajstić information content (AvgIpc) is 2.64. The molecule has 0 heterocycles. The monoisotopic (exact) mass is 360 g/mol. The number of carbonyl (C=O) groups is 1. The molecule has 0 bridgehead atoms. The van der Waals surface area contributed by atoms with Crippen molar-refractivity contribution in [2.75, 3.05) is 13.7 Å². The van der Waals surface area contributed by atoms with E-state index in [0.717, 1.165) is 5.56 Å². The van der Waals surface area contributed by atoms with Crippen molar-refractivity contribution in [2.45, 2.75) is 26.0 Å². The zero-order valence-corrected chi connectivity index (χ0v) is 14.9. The summed E-state index contributed by atoms with van der Waals surface area (Å²) in [5.74, 6) is 0.473. The molecule has 2 rings (SSSR count). The Morgan fingerprint density at radius 2 is 1.77 bits per heavy atom. The third-order valence-corrected chi connectivity index (χ3v) is 3.41. The summed E-state index contributed by atoms with van der Waals surface area (Å²) in [6, 6.07) is 14.6. The lowest BCUT2D eigenvalue weighted by Crippen LogP contribution is -2.36. The second-order valence-corrected chi connectivity index (χ2v) is 5.69. The minimum absolute atomic E-state index is 0.209. The Balaban J connectivity index is 2.12. The molecule has 0 aliphatic rings. The molecule has 0 saturated carbocycles. The fourth-order valence-corrected chi connectivity index (χ4v) is 2.21. The highest BCUT2D eigenvalue weighted by molar-refractivity contribution is 5.90. The van der Waals surface area contributed by atoms with Gasteiger partial charge in [0.1, 0.15) is 24.2 Å². The number of ether oxygens (including phenoxy) is 4. The molecule has 7 nitrogen and oxygen atoms in total. The lowest BCUT2D eigenvalue weighted by molar-refractivity contribution is 0.0118. The number of nitrogens with two attached hydrogens (primary N) is 2. The van der Waals surface area contributed by atoms with Gasteiger partial charge in [-0.1, -0.05) is 30.3 Å². The van der Waals surface area contributed by atoms with Gasteiger partial charge in [0.2, 0.25) is 0 Å². The number of benzene rings is 2. The standard InChI is InChI=1S/C19H24N2O5/c1-13(11-25-19(20)21)26-17-9-15(18(22)23-2)8-16(10-17)24-12-14-6-4-3-5-7-14/h3-10,13,19H,11-12,20-21H2,1-2H3/t13-/m0/s1. The maximum atomic E-state index is 11.9. The zero-order chi connectivity index (χ0) is 18.9. The van der Waals surface area contributed by atoms with Crippen LogP contribution in [-0.2, 0) is 16.1 Å². The van der Waals surface area contributed by atoms with Crippen LogP contribution in [0, 0.1) is 0 Å². The van der Waals surface area contributed by atoms with Gasteiger partial charge in [-0.2, -0.15) is 0 Å². The van der Waals surface area contributed by atoms with Crippen LogP contribution in [0.3, 0.4) is 0 Å². The van der Waals surface area contributed by atoms with Gasteiger partial charge in [-0.25, -0.2) is 4.79 Å². The first-order valence-electron chi connectivity index (χ1n) is 8.17. The van der Waals surface area contributed by atoms with Crippen LogP contribution < -0.4 is 20.9 Å². The number of hydrogen-bond acceptors (Lipinski definition) is 7. The minimum atomic E-state index is -0.868. The van der Waals surface area contributed by atoms with E-state index in [1.54, 1.807) is 25.1 Å². The van der Waals surface area contributed by atoms with E-state index in [1.807, 2.05) is 30.3 Å². The lowest BCUT2D eigenvalue weighted by Gasteiger charge is -2.18. The first-order valence-corrected chi connectivity index (χ1v) is 8.17. The number of carbonyl (C=O) groups excluding carboxylic acids is 1. The molecular weight excluding hydrogens is 336 g/mol. The summed E-state index contributed by atoms with van der Waals surface area (Å²) < 4.78 is 21.5. The summed E-state index contributed by atoms with van der Waals surface area (Å²) in [6.07, 6.45) is -1.19. The van der Waals surface area contributed by atoms with E-state index in [4.69, 9.17) is 30.4 Å². The fourth-order valence-electron chi connectivity index (χ4n) is 2.21. The SMILES string of the molecule is COC(=O)c1cc(OCc2ccccc2)cc(O[C@@H](C)COC(N)N)c1. The molecule has 4 N–H and O–H groups in total. The van der Waals surface area contributed by atoms with Crippen LogP contribution in [-0.4, -0.2) is 32.1 Å². The van der Waals surface area contributed by atoms with Gasteiger partial charge in [-0.15, -0.1) is 0 Å². The molecule has 0 amide bonds. The van der Waals surface area contributed by atoms with Gasteiger partial charge in [-0.05, 0) is 24.6 Å². The summed E-state index contributed by atoms with van der Waals surface area (Å²) >= 11 is 0. The summed E-state index contributed by atoms with van der Waals surface area (Å²) in [7, 11) is 1.32. The Bertz CT molecular complexity index is 706. The highest BCUT2D eigenvalue weighted by Crippen LogP contribution is 2.25. The van der Waals surface area contributed by atoms with Crippen LogP contribution in [0.2, 0.25) is 0 Å². The van der Waals surface area contributed by atoms with E-state index in [9.17, 15) is 4.79 Å². The molecule has 26 heavy (non-hydrogen) atoms. The zero-order valence-electron chi connectivity index (χ0n) is 14.9. The molecule has 0 aliphatic heterocycles. The Labute approximate surface area is 152 Å². The highest BCUT2D eigenvalue weighted by Gasteiger charge is 2.13. The van der Waals surface area contributed by atoms with E-state index >= 15 is 0 Å². The second-order valence-electron chi connectivity index (χ2n) is 5.69. The van der Waals surface area contributed by atoms with Crippen LogP contribution in [0.5, 0.6) is 11.5 Å². The lowest BCUT2D eigenvalue weighted by atomic mass is 10.2. The van der Waals surface area contributed by atoms with Crippen molar-refractivity contribution in [3.8, 4) is 11.5 Å². The predicted octanol–water partition coefficient (Wildman–Crippen LogP) is 2.04. The van der Waals surface area contributed by atoms with Crippen molar-refractivity contribution in [1.82, 2.24) is 0 Å². The third kappa shape index (κ3) is 6.36. The number of rotatable bonds is 9. The van der Waals surface area contributed by atoms with Gasteiger partial charge in [0.05, 0.1) is 19.3 Å². The van der Waals surface area contributed by atoms with E-state index in [2.05, 4.69) is 0 Å². The summed E-state index contributed by atoms with van der Waals surface area (Å²) in [5.41, 5.74) is 12.0. The number of esters is 1. The normalized spacial score (nSPS) is 11.9. The van der Waals surface area contributed by atoms with Crippen LogP contribution in [0.1, 0.15) is 22.8 Å². The van der Waals surface area contributed by atoms with E-state index in [0.29, 0.717) is 23.7 Å². The van der Waals surface area contributed by atoms with Gasteiger partial charge >= 0.3 is 5.97 Å². The predicted molar refractivity (Wildman–Crippen MR) is 96.8 cm³/mol. The first kappa shape index (κ1) is 19.7. The maximum absolute atomic E-state index is 11.9. The quantitative estimate of drug-likeness (QED) is 0.520. The van der Waals surface area contributed by atoms with Gasteiger partial charge in [0.15, 0.2) is 6.35 Å². The van der Waals surface area contributed by atoms with Crippen molar-refractivity contribution < 1.29 is 23.7 Å². The van der Waals surface area contributed by atoms with Gasteiger partial charge < -0.3 is 18.9 Å². The molecule has 140 valence electrons. The third-order valence-electron chi connectivity index (χ3n) is 3.41. The maximum Gasteiger partial charge on any atom is 0.338 e. The molecule has 0 spiro atoms. The molecule has 0 radical (unpaired) electrons. The topological polar surface area (TPSA) is 106 Å². The van der Waals surface area contributed by atoms with Crippen LogP contribution in [0.15, 0.2) is 48.5 Å². The Kier molecular flexibility index (Phi) is 7.40. The summed E-state index contributed by atoms with van der Waals surface area (Å²) in [6.45, 7) is 2.38. The molecule has 0 aromatic heterocycles. The molecule has 2 aromatic rings. The molecule has 0 saturated heterocycles. The largest absolute Gasteiger partial charge is 0.489 e. The van der Waals surface area contributed by atoms with E-state index in [-0.39, 0.29) is 12.7 Å². The molecule has 0 aliphatic carbocycles. The average molecular weight is 360 g/mol. The Morgan fingerprint density at radius 3 is 2.42 bits per heavy atom. The highest BCUT2D eigenvalue weighted by atomic mass is 16.5. The number of hydrogen-bond donors (Lipinski definition) is 2. The van der Waals surface area contributed by atoms with Crippen LogP contribution in [0.4, 0.5) is 0 Å². The number of methoxy groups -OCH3 is 1. The fraction of sp³-hybridized carbons (Fsp3) is 0.316. The van der Waals surface area contributed by atoms with Gasteiger partial charge in [0.25, 0.3) is 0 Å². The van der Waals surface area contributed by atoms with Crippen LogP contribution >= 0.6 is 0 Å². The molecular formula is C19H24N2O5. The molecule has 1 atom stereocenters. The van der Waals surface area contributed by atoms with Crippen molar-refractivity contribution in [1.29, 1.82) is 0 Å². The Morgan fingerprint density at radius 1 is 1.08 bits per heavy atom. The van der Waals surface area contributed by atoms with Crippen molar-refractivity contribution in [3.63, 3.8) is 0 Å². The first-order chi connectivity index (χ1) is 12.5. The van der Waals surface area contributed by atoms with Crippen molar-refractivity contribution >= 4 is 5.97 Å². The molecule has 2 aromatic carbocycles. The van der Waals surface area contributed by atoms with E-state index in [1.165, 1.54) is 7.11 Å². The summed E-state index contributed by atoms with van der Waals surface area (Å²) in [4.78, 5) is 11.9. The van der Waals surface area contributed by atoms with Crippen molar-refractivity contribution in [2.24, 2.45) is 11.5 Å². The Hall–Kier alpha value is -2.61. The van der Waals surface area contributed by atoms with E-state index < -0.39 is 12.3 Å². The van der Waals surface area contributed by atoms with Crippen LogP contribution in [0.25, 0.3) is 0 Å². The van der Waals surface area contributed by atoms with Crippen molar-refractivity contribution in [3.05, 3.63) is 59.7 Å². The molecule has 0 unspecified atom stereocenters. The minimum Gasteiger partial charge on any atom is -0.489 e. The smallest absolute Gasteiger partial charge is 0.338 e. The molecule has 0 fully saturated rings. The van der Waals surface area contributed by atoms with Gasteiger partial charge in [0, 0.05) is 6.07 Å². The van der Waals surface area contributed by atoms with Gasteiger partial charge in [-0.3, -0.25) is 11.5 Å². The second kappa shape index (κ2) is 9.76. The summed E-state index contributed by atoms with van der Waals surface area (Å²) in [5, 5.41) is 0.